The first-order valence-corrected chi connectivity index (χ1v) is 3.99. The Labute approximate surface area is 79.8 Å². The molecule has 0 unspecified atom stereocenters. The molecule has 0 aliphatic heterocycles. The Bertz CT molecular complexity index is 304. The van der Waals surface area contributed by atoms with Gasteiger partial charge in [-0.2, -0.15) is 0 Å². The van der Waals surface area contributed by atoms with E-state index in [1.165, 1.54) is 0 Å². The smallest absolute Gasteiger partial charge is 0.173 e. The first-order chi connectivity index (χ1) is 6.07. The van der Waals surface area contributed by atoms with E-state index >= 15 is 0 Å². The molecule has 0 aromatic heterocycles. The molecule has 13 heavy (non-hydrogen) atoms. The Morgan fingerprint density at radius 1 is 1.54 bits per heavy atom. The van der Waals surface area contributed by atoms with Crippen molar-refractivity contribution >= 4 is 11.6 Å². The fourth-order valence-electron chi connectivity index (χ4n) is 0.993. The van der Waals surface area contributed by atoms with Crippen molar-refractivity contribution in [1.29, 1.82) is 0 Å². The van der Waals surface area contributed by atoms with Crippen molar-refractivity contribution in [2.24, 2.45) is 0 Å². The number of rotatable bonds is 2. The van der Waals surface area contributed by atoms with Crippen molar-refractivity contribution < 1.29 is 14.6 Å². The highest BCUT2D eigenvalue weighted by atomic mass is 35.5. The number of phenols is 2. The molecule has 0 saturated carbocycles. The van der Waals surface area contributed by atoms with Gasteiger partial charge in [0.2, 0.25) is 0 Å². The van der Waals surface area contributed by atoms with E-state index in [1.54, 1.807) is 7.05 Å². The summed E-state index contributed by atoms with van der Waals surface area (Å²) in [5.74, 6) is -1.75. The molecule has 5 heteroatoms. The molecule has 0 amide bonds. The molecule has 1 aromatic carbocycles. The van der Waals surface area contributed by atoms with Crippen LogP contribution in [0.5, 0.6) is 11.5 Å². The van der Waals surface area contributed by atoms with Gasteiger partial charge in [0.25, 0.3) is 0 Å². The third-order valence-corrected chi connectivity index (χ3v) is 1.91. The first kappa shape index (κ1) is 10.1. The number of phenolic OH excluding ortho intramolecular Hbond substituents is 2. The Balaban J connectivity index is 3.28. The summed E-state index contributed by atoms with van der Waals surface area (Å²) in [6.07, 6.45) is 0. The molecule has 1 aromatic rings. The SMILES string of the molecule is CNCc1c(O)c(Cl)cc(O)c1F. The zero-order valence-electron chi connectivity index (χ0n) is 6.93. The second-order valence-electron chi connectivity index (χ2n) is 2.55. The zero-order chi connectivity index (χ0) is 10.0. The lowest BCUT2D eigenvalue weighted by atomic mass is 10.1. The summed E-state index contributed by atoms with van der Waals surface area (Å²) in [7, 11) is 1.59. The van der Waals surface area contributed by atoms with E-state index in [4.69, 9.17) is 16.7 Å². The lowest BCUT2D eigenvalue weighted by Crippen LogP contribution is -2.07. The van der Waals surface area contributed by atoms with E-state index < -0.39 is 11.6 Å². The summed E-state index contributed by atoms with van der Waals surface area (Å²) in [4.78, 5) is 0. The van der Waals surface area contributed by atoms with Crippen LogP contribution in [-0.4, -0.2) is 17.3 Å². The molecule has 0 aliphatic rings. The van der Waals surface area contributed by atoms with Crippen molar-refractivity contribution in [2.75, 3.05) is 7.05 Å². The summed E-state index contributed by atoms with van der Waals surface area (Å²) in [6.45, 7) is 0.103. The molecule has 0 aliphatic carbocycles. The van der Waals surface area contributed by atoms with Crippen molar-refractivity contribution in [3.8, 4) is 11.5 Å². The summed E-state index contributed by atoms with van der Waals surface area (Å²) in [5, 5.41) is 20.9. The van der Waals surface area contributed by atoms with Crippen molar-refractivity contribution in [1.82, 2.24) is 5.32 Å². The first-order valence-electron chi connectivity index (χ1n) is 3.61. The molecular weight excluding hydrogens is 197 g/mol. The Morgan fingerprint density at radius 2 is 2.15 bits per heavy atom. The predicted molar refractivity (Wildman–Crippen MR) is 47.5 cm³/mol. The summed E-state index contributed by atoms with van der Waals surface area (Å²) < 4.78 is 13.1. The topological polar surface area (TPSA) is 52.5 Å². The van der Waals surface area contributed by atoms with Crippen LogP contribution in [0.3, 0.4) is 0 Å². The van der Waals surface area contributed by atoms with Crippen LogP contribution in [0, 0.1) is 5.82 Å². The number of halogens is 2. The van der Waals surface area contributed by atoms with Crippen molar-refractivity contribution in [2.45, 2.75) is 6.54 Å². The molecule has 3 N–H and O–H groups in total. The highest BCUT2D eigenvalue weighted by Crippen LogP contribution is 2.34. The molecule has 0 heterocycles. The van der Waals surface area contributed by atoms with Crippen LogP contribution in [0.4, 0.5) is 4.39 Å². The Kier molecular flexibility index (Phi) is 2.95. The van der Waals surface area contributed by atoms with Crippen LogP contribution in [0.2, 0.25) is 5.02 Å². The van der Waals surface area contributed by atoms with E-state index in [2.05, 4.69) is 5.32 Å². The van der Waals surface area contributed by atoms with Gasteiger partial charge in [-0.3, -0.25) is 0 Å². The van der Waals surface area contributed by atoms with E-state index in [0.717, 1.165) is 6.07 Å². The molecule has 0 radical (unpaired) electrons. The molecule has 0 saturated heterocycles. The number of nitrogens with one attached hydrogen (secondary N) is 1. The quantitative estimate of drug-likeness (QED) is 0.643. The molecule has 3 nitrogen and oxygen atoms in total. The average molecular weight is 206 g/mol. The lowest BCUT2D eigenvalue weighted by Gasteiger charge is -2.08. The second kappa shape index (κ2) is 3.81. The van der Waals surface area contributed by atoms with Crippen LogP contribution in [0.1, 0.15) is 5.56 Å². The molecule has 0 bridgehead atoms. The predicted octanol–water partition coefficient (Wildman–Crippen LogP) is 1.61. The zero-order valence-corrected chi connectivity index (χ0v) is 7.69. The van der Waals surface area contributed by atoms with E-state index in [0.29, 0.717) is 0 Å². The minimum absolute atomic E-state index is 0.0347. The monoisotopic (exact) mass is 205 g/mol. The highest BCUT2D eigenvalue weighted by Gasteiger charge is 2.15. The van der Waals surface area contributed by atoms with Gasteiger partial charge in [0, 0.05) is 18.2 Å². The molecular formula is C8H9ClFNO2. The molecule has 0 fully saturated rings. The van der Waals surface area contributed by atoms with Gasteiger partial charge in [0.1, 0.15) is 5.75 Å². The maximum absolute atomic E-state index is 13.1. The molecule has 0 atom stereocenters. The normalized spacial score (nSPS) is 10.4. The maximum atomic E-state index is 13.1. The van der Waals surface area contributed by atoms with Crippen LogP contribution in [-0.2, 0) is 6.54 Å². The number of benzene rings is 1. The standard InChI is InChI=1S/C8H9ClFNO2/c1-11-3-4-7(10)6(12)2-5(9)8(4)13/h2,11-13H,3H2,1H3. The third kappa shape index (κ3) is 1.84. The van der Waals surface area contributed by atoms with Gasteiger partial charge in [0.15, 0.2) is 11.6 Å². The van der Waals surface area contributed by atoms with Gasteiger partial charge in [0.05, 0.1) is 5.02 Å². The highest BCUT2D eigenvalue weighted by molar-refractivity contribution is 6.32. The largest absolute Gasteiger partial charge is 0.506 e. The maximum Gasteiger partial charge on any atom is 0.173 e. The van der Waals surface area contributed by atoms with Crippen molar-refractivity contribution in [3.63, 3.8) is 0 Å². The summed E-state index contributed by atoms with van der Waals surface area (Å²) in [6, 6.07) is 0.964. The summed E-state index contributed by atoms with van der Waals surface area (Å²) in [5.41, 5.74) is -0.0347. The van der Waals surface area contributed by atoms with Crippen LogP contribution < -0.4 is 5.32 Å². The van der Waals surface area contributed by atoms with Crippen molar-refractivity contribution in [3.05, 3.63) is 22.5 Å². The molecule has 72 valence electrons. The fourth-order valence-corrected chi connectivity index (χ4v) is 1.21. The fraction of sp³-hybridized carbons (Fsp3) is 0.250. The number of aromatic hydroxyl groups is 2. The number of hydrogen-bond acceptors (Lipinski definition) is 3. The van der Waals surface area contributed by atoms with Gasteiger partial charge >= 0.3 is 0 Å². The summed E-state index contributed by atoms with van der Waals surface area (Å²) >= 11 is 5.52. The molecule has 1 rings (SSSR count). The van der Waals surface area contributed by atoms with E-state index in [1.807, 2.05) is 0 Å². The second-order valence-corrected chi connectivity index (χ2v) is 2.96. The number of hydrogen-bond donors (Lipinski definition) is 3. The minimum atomic E-state index is -0.851. The van der Waals surface area contributed by atoms with Gasteiger partial charge in [-0.1, -0.05) is 11.6 Å². The minimum Gasteiger partial charge on any atom is -0.506 e. The molecule has 0 spiro atoms. The Morgan fingerprint density at radius 3 is 2.69 bits per heavy atom. The van der Waals surface area contributed by atoms with Crippen LogP contribution in [0.15, 0.2) is 6.07 Å². The van der Waals surface area contributed by atoms with Crippen LogP contribution >= 0.6 is 11.6 Å². The average Bonchev–Trinajstić information content (AvgIpc) is 2.09. The van der Waals surface area contributed by atoms with Gasteiger partial charge in [-0.05, 0) is 7.05 Å². The van der Waals surface area contributed by atoms with Gasteiger partial charge < -0.3 is 15.5 Å². The van der Waals surface area contributed by atoms with E-state index in [-0.39, 0.29) is 22.9 Å². The van der Waals surface area contributed by atoms with Gasteiger partial charge in [-0.25, -0.2) is 4.39 Å². The van der Waals surface area contributed by atoms with Crippen LogP contribution in [0.25, 0.3) is 0 Å². The lowest BCUT2D eigenvalue weighted by molar-refractivity contribution is 0.411. The Hall–Kier alpha value is -1.00. The van der Waals surface area contributed by atoms with E-state index in [9.17, 15) is 9.50 Å². The van der Waals surface area contributed by atoms with Gasteiger partial charge in [-0.15, -0.1) is 0 Å². The third-order valence-electron chi connectivity index (χ3n) is 1.62.